The molecule has 0 aliphatic heterocycles. The number of carbonyl (C=O) groups excluding carboxylic acids is 4. The Morgan fingerprint density at radius 1 is 0.745 bits per heavy atom. The normalized spacial score (nSPS) is 13.5. The van der Waals surface area contributed by atoms with Gasteiger partial charge in [-0.3, -0.25) is 19.2 Å². The molecule has 3 aromatic carbocycles. The van der Waals surface area contributed by atoms with Crippen molar-refractivity contribution in [2.24, 2.45) is 5.73 Å². The predicted octanol–water partition coefficient (Wildman–Crippen LogP) is 0.904. The Morgan fingerprint density at radius 2 is 1.38 bits per heavy atom. The molecule has 13 heteroatoms. The molecule has 0 unspecified atom stereocenters. The molecule has 0 aliphatic rings. The Kier molecular flexibility index (Phi) is 11.7. The smallest absolute Gasteiger partial charge is 0.326 e. The minimum Gasteiger partial charge on any atom is -0.508 e. The van der Waals surface area contributed by atoms with Crippen molar-refractivity contribution < 1.29 is 34.2 Å². The number of phenolic OH excluding ortho intramolecular Hbond substituents is 1. The van der Waals surface area contributed by atoms with Gasteiger partial charge in [0.05, 0.1) is 12.6 Å². The molecule has 0 spiro atoms. The van der Waals surface area contributed by atoms with Gasteiger partial charge in [-0.25, -0.2) is 4.79 Å². The maximum absolute atomic E-state index is 13.3. The average molecular weight is 643 g/mol. The van der Waals surface area contributed by atoms with Crippen LogP contribution in [0.2, 0.25) is 0 Å². The first kappa shape index (κ1) is 34.2. The van der Waals surface area contributed by atoms with E-state index in [1.165, 1.54) is 19.1 Å². The van der Waals surface area contributed by atoms with Crippen LogP contribution in [0.1, 0.15) is 23.6 Å². The molecule has 4 atom stereocenters. The number of fused-ring (bicyclic) bond motifs is 1. The quantitative estimate of drug-likeness (QED) is 0.0930. The van der Waals surface area contributed by atoms with Crippen molar-refractivity contribution in [2.75, 3.05) is 6.54 Å². The molecule has 0 bridgehead atoms. The number of nitrogens with two attached hydrogens (primary N) is 1. The Bertz CT molecular complexity index is 1710. The highest BCUT2D eigenvalue weighted by Gasteiger charge is 2.28. The molecule has 0 radical (unpaired) electrons. The fourth-order valence-corrected chi connectivity index (χ4v) is 4.98. The number of aliphatic carboxylic acids is 1. The minimum atomic E-state index is -1.23. The summed E-state index contributed by atoms with van der Waals surface area (Å²) in [6.45, 7) is 0.930. The number of benzene rings is 3. The molecular weight excluding hydrogens is 604 g/mol. The van der Waals surface area contributed by atoms with Gasteiger partial charge in [0.15, 0.2) is 0 Å². The van der Waals surface area contributed by atoms with Gasteiger partial charge in [0.25, 0.3) is 0 Å². The van der Waals surface area contributed by atoms with Crippen LogP contribution in [0.3, 0.4) is 0 Å². The highest BCUT2D eigenvalue weighted by Crippen LogP contribution is 2.19. The van der Waals surface area contributed by atoms with Crippen LogP contribution in [-0.2, 0) is 43.2 Å². The number of rotatable bonds is 15. The fourth-order valence-electron chi connectivity index (χ4n) is 4.98. The first-order valence-corrected chi connectivity index (χ1v) is 15.0. The predicted molar refractivity (Wildman–Crippen MR) is 174 cm³/mol. The molecule has 4 aromatic rings. The van der Waals surface area contributed by atoms with Gasteiger partial charge >= 0.3 is 5.97 Å². The van der Waals surface area contributed by atoms with Crippen molar-refractivity contribution in [3.63, 3.8) is 0 Å². The summed E-state index contributed by atoms with van der Waals surface area (Å²) in [5.41, 5.74) is 9.18. The van der Waals surface area contributed by atoms with E-state index in [1.807, 2.05) is 24.3 Å². The van der Waals surface area contributed by atoms with E-state index in [1.54, 1.807) is 48.7 Å². The van der Waals surface area contributed by atoms with E-state index in [9.17, 15) is 34.2 Å². The zero-order chi connectivity index (χ0) is 33.9. The number of nitrogens with one attached hydrogen (secondary N) is 5. The zero-order valence-corrected chi connectivity index (χ0v) is 25.7. The summed E-state index contributed by atoms with van der Waals surface area (Å²) in [5.74, 6) is -3.90. The average Bonchev–Trinajstić information content (AvgIpc) is 3.46. The van der Waals surface area contributed by atoms with Gasteiger partial charge in [0.1, 0.15) is 23.9 Å². The number of carboxylic acids is 1. The number of aromatic hydroxyl groups is 1. The molecule has 246 valence electrons. The maximum Gasteiger partial charge on any atom is 0.326 e. The van der Waals surface area contributed by atoms with Crippen molar-refractivity contribution in [1.82, 2.24) is 26.3 Å². The first-order chi connectivity index (χ1) is 22.5. The van der Waals surface area contributed by atoms with E-state index < -0.39 is 60.3 Å². The van der Waals surface area contributed by atoms with Gasteiger partial charge in [-0.2, -0.15) is 0 Å². The fraction of sp³-hybridized carbons (Fsp3) is 0.265. The number of carboxylic acid groups (broad SMARTS) is 1. The van der Waals surface area contributed by atoms with E-state index in [-0.39, 0.29) is 25.0 Å². The molecule has 0 saturated carbocycles. The molecule has 0 aliphatic carbocycles. The van der Waals surface area contributed by atoms with Crippen LogP contribution in [0.4, 0.5) is 0 Å². The second-order valence-corrected chi connectivity index (χ2v) is 11.2. The Hall–Kier alpha value is -5.69. The highest BCUT2D eigenvalue weighted by atomic mass is 16.4. The third-order valence-corrected chi connectivity index (χ3v) is 7.55. The highest BCUT2D eigenvalue weighted by molar-refractivity contribution is 5.94. The van der Waals surface area contributed by atoms with Crippen LogP contribution in [0.25, 0.3) is 10.9 Å². The summed E-state index contributed by atoms with van der Waals surface area (Å²) < 4.78 is 0. The molecule has 0 fully saturated rings. The number of amides is 4. The molecule has 13 nitrogen and oxygen atoms in total. The monoisotopic (exact) mass is 642 g/mol. The van der Waals surface area contributed by atoms with Gasteiger partial charge < -0.3 is 42.2 Å². The number of aromatic amines is 1. The van der Waals surface area contributed by atoms with Crippen molar-refractivity contribution in [3.8, 4) is 5.75 Å². The lowest BCUT2D eigenvalue weighted by atomic mass is 10.0. The molecule has 0 saturated heterocycles. The molecule has 4 amide bonds. The number of hydrogen-bond donors (Lipinski definition) is 8. The van der Waals surface area contributed by atoms with E-state index in [4.69, 9.17) is 5.73 Å². The van der Waals surface area contributed by atoms with E-state index in [0.29, 0.717) is 11.1 Å². The molecule has 9 N–H and O–H groups in total. The molecule has 1 aromatic heterocycles. The van der Waals surface area contributed by atoms with E-state index in [2.05, 4.69) is 26.3 Å². The van der Waals surface area contributed by atoms with Crippen LogP contribution in [0.15, 0.2) is 85.1 Å². The second kappa shape index (κ2) is 16.0. The second-order valence-electron chi connectivity index (χ2n) is 11.2. The van der Waals surface area contributed by atoms with Crippen LogP contribution in [0, 0.1) is 0 Å². The van der Waals surface area contributed by atoms with Gasteiger partial charge in [-0.15, -0.1) is 0 Å². The topological polar surface area (TPSA) is 216 Å². The summed E-state index contributed by atoms with van der Waals surface area (Å²) in [7, 11) is 0. The SMILES string of the molecule is C[C@@H](NC(=O)[C@@H](Cc1ccc(O)cc1)NC(=O)CNC(=O)[C@H](N)Cc1c[nH]c2ccccc12)C(=O)N[C@H](Cc1ccccc1)C(=O)O. The maximum atomic E-state index is 13.3. The van der Waals surface area contributed by atoms with Gasteiger partial charge in [0.2, 0.25) is 23.6 Å². The molecular formula is C34H38N6O7. The number of H-pyrrole nitrogens is 1. The number of para-hydroxylation sites is 1. The lowest BCUT2D eigenvalue weighted by Gasteiger charge is -2.23. The van der Waals surface area contributed by atoms with Crippen molar-refractivity contribution in [1.29, 1.82) is 0 Å². The summed E-state index contributed by atoms with van der Waals surface area (Å²) in [4.78, 5) is 66.8. The first-order valence-electron chi connectivity index (χ1n) is 15.0. The third kappa shape index (κ3) is 9.90. The van der Waals surface area contributed by atoms with E-state index >= 15 is 0 Å². The number of carbonyl (C=O) groups is 5. The lowest BCUT2D eigenvalue weighted by molar-refractivity contribution is -0.142. The van der Waals surface area contributed by atoms with Crippen molar-refractivity contribution >= 4 is 40.5 Å². The van der Waals surface area contributed by atoms with Crippen LogP contribution < -0.4 is 27.0 Å². The van der Waals surface area contributed by atoms with Crippen LogP contribution >= 0.6 is 0 Å². The van der Waals surface area contributed by atoms with Crippen molar-refractivity contribution in [2.45, 2.75) is 50.4 Å². The molecule has 4 rings (SSSR count). The Morgan fingerprint density at radius 3 is 2.09 bits per heavy atom. The van der Waals surface area contributed by atoms with Gasteiger partial charge in [-0.1, -0.05) is 60.7 Å². The number of aromatic nitrogens is 1. The number of hydrogen-bond acceptors (Lipinski definition) is 7. The lowest BCUT2D eigenvalue weighted by Crippen LogP contribution is -2.56. The zero-order valence-electron chi connectivity index (χ0n) is 25.7. The standard InChI is InChI=1S/C34H38N6O7/c1-20(31(43)40-29(34(46)47)16-21-7-3-2-4-8-21)38-33(45)28(15-22-11-13-24(41)14-12-22)39-30(42)19-37-32(44)26(35)17-23-18-36-27-10-6-5-9-25(23)27/h2-14,18,20,26,28-29,36,41H,15-17,19,35H2,1H3,(H,37,44)(H,38,45)(H,39,42)(H,40,43)(H,46,47)/t20-,26-,28-,29-/m1/s1. The summed E-state index contributed by atoms with van der Waals surface area (Å²) in [5, 5.41) is 30.3. The Labute approximate surface area is 270 Å². The summed E-state index contributed by atoms with van der Waals surface area (Å²) in [6.07, 6.45) is 2.05. The molecule has 1 heterocycles. The van der Waals surface area contributed by atoms with Crippen LogP contribution in [0.5, 0.6) is 5.75 Å². The largest absolute Gasteiger partial charge is 0.508 e. The summed E-state index contributed by atoms with van der Waals surface area (Å²) in [6, 6.07) is 17.9. The minimum absolute atomic E-state index is 0.00796. The number of phenols is 1. The molecule has 47 heavy (non-hydrogen) atoms. The summed E-state index contributed by atoms with van der Waals surface area (Å²) >= 11 is 0. The van der Waals surface area contributed by atoms with Gasteiger partial charge in [0, 0.05) is 29.9 Å². The van der Waals surface area contributed by atoms with Crippen LogP contribution in [-0.4, -0.2) is 75.5 Å². The van der Waals surface area contributed by atoms with Crippen molar-refractivity contribution in [3.05, 3.63) is 102 Å². The third-order valence-electron chi connectivity index (χ3n) is 7.55. The van der Waals surface area contributed by atoms with Gasteiger partial charge in [-0.05, 0) is 48.2 Å². The van der Waals surface area contributed by atoms with E-state index in [0.717, 1.165) is 16.5 Å². The Balaban J connectivity index is 1.35.